The highest BCUT2D eigenvalue weighted by Crippen LogP contribution is 2.21. The summed E-state index contributed by atoms with van der Waals surface area (Å²) in [6, 6.07) is 17.0. The molecule has 1 amide bonds. The van der Waals surface area contributed by atoms with Crippen molar-refractivity contribution in [2.24, 2.45) is 0 Å². The molecule has 2 aromatic carbocycles. The molecule has 4 rings (SSSR count). The number of carbonyl (C=O) groups excluding carboxylic acids is 1. The van der Waals surface area contributed by atoms with Crippen molar-refractivity contribution in [1.29, 1.82) is 0 Å². The highest BCUT2D eigenvalue weighted by atomic mass is 35.5. The van der Waals surface area contributed by atoms with Crippen LogP contribution in [0.1, 0.15) is 10.4 Å². The van der Waals surface area contributed by atoms with Gasteiger partial charge in [0.1, 0.15) is 5.82 Å². The fourth-order valence-corrected chi connectivity index (χ4v) is 3.43. The van der Waals surface area contributed by atoms with Crippen molar-refractivity contribution in [3.63, 3.8) is 0 Å². The van der Waals surface area contributed by atoms with Gasteiger partial charge in [-0.1, -0.05) is 23.7 Å². The first kappa shape index (κ1) is 18.4. The molecule has 1 aliphatic rings. The molecule has 0 atom stereocenters. The molecule has 142 valence electrons. The first-order valence-electron chi connectivity index (χ1n) is 9.00. The molecule has 2 heterocycles. The Labute approximate surface area is 167 Å². The van der Waals surface area contributed by atoms with E-state index < -0.39 is 0 Å². The summed E-state index contributed by atoms with van der Waals surface area (Å²) in [5.41, 5.74) is 2.04. The van der Waals surface area contributed by atoms with E-state index in [0.29, 0.717) is 42.5 Å². The Morgan fingerprint density at radius 3 is 2.25 bits per heavy atom. The molecular weight excluding hydrogens is 379 g/mol. The summed E-state index contributed by atoms with van der Waals surface area (Å²) < 4.78 is 13.1. The third-order valence-electron chi connectivity index (χ3n) is 4.79. The zero-order valence-corrected chi connectivity index (χ0v) is 15.8. The Balaban J connectivity index is 1.40. The lowest BCUT2D eigenvalue weighted by Crippen LogP contribution is -2.49. The average molecular weight is 397 g/mol. The lowest BCUT2D eigenvalue weighted by molar-refractivity contribution is 0.0746. The lowest BCUT2D eigenvalue weighted by atomic mass is 10.1. The number of amides is 1. The van der Waals surface area contributed by atoms with Gasteiger partial charge in [-0.2, -0.15) is 0 Å². The second kappa shape index (κ2) is 7.94. The Hall–Kier alpha value is -2.99. The minimum absolute atomic E-state index is 0.0528. The average Bonchev–Trinajstić information content (AvgIpc) is 2.74. The number of piperazine rings is 1. The summed E-state index contributed by atoms with van der Waals surface area (Å²) in [6.45, 7) is 2.51. The third-order valence-corrected chi connectivity index (χ3v) is 5.12. The zero-order valence-electron chi connectivity index (χ0n) is 15.1. The van der Waals surface area contributed by atoms with Crippen LogP contribution in [0.5, 0.6) is 0 Å². The van der Waals surface area contributed by atoms with Crippen molar-refractivity contribution >= 4 is 23.3 Å². The summed E-state index contributed by atoms with van der Waals surface area (Å²) in [7, 11) is 0. The lowest BCUT2D eigenvalue weighted by Gasteiger charge is -2.35. The van der Waals surface area contributed by atoms with Crippen molar-refractivity contribution in [2.45, 2.75) is 0 Å². The maximum atomic E-state index is 13.1. The van der Waals surface area contributed by atoms with Gasteiger partial charge in [-0.05, 0) is 48.5 Å². The molecule has 0 N–H and O–H groups in total. The van der Waals surface area contributed by atoms with E-state index in [1.807, 2.05) is 24.3 Å². The van der Waals surface area contributed by atoms with Gasteiger partial charge in [0.05, 0.1) is 16.3 Å². The van der Waals surface area contributed by atoms with E-state index in [2.05, 4.69) is 15.1 Å². The van der Waals surface area contributed by atoms with Crippen LogP contribution in [-0.4, -0.2) is 47.2 Å². The van der Waals surface area contributed by atoms with Gasteiger partial charge in [-0.3, -0.25) is 4.79 Å². The van der Waals surface area contributed by atoms with Crippen molar-refractivity contribution in [1.82, 2.24) is 15.1 Å². The standard InChI is InChI=1S/C21H18ClFN4O/c22-18-4-2-1-3-17(18)21(28)27-13-11-26(12-14-27)20-10-9-19(24-25-20)15-5-7-16(23)8-6-15/h1-10H,11-14H2. The molecule has 0 spiro atoms. The van der Waals surface area contributed by atoms with E-state index in [1.165, 1.54) is 12.1 Å². The molecule has 0 radical (unpaired) electrons. The van der Waals surface area contributed by atoms with Gasteiger partial charge < -0.3 is 9.80 Å². The summed E-state index contributed by atoms with van der Waals surface area (Å²) in [5, 5.41) is 9.03. The van der Waals surface area contributed by atoms with Gasteiger partial charge in [0, 0.05) is 31.7 Å². The quantitative estimate of drug-likeness (QED) is 0.673. The minimum Gasteiger partial charge on any atom is -0.352 e. The van der Waals surface area contributed by atoms with Gasteiger partial charge in [-0.15, -0.1) is 10.2 Å². The van der Waals surface area contributed by atoms with Crippen LogP contribution in [0.25, 0.3) is 11.3 Å². The third kappa shape index (κ3) is 3.82. The molecule has 7 heteroatoms. The molecule has 0 bridgehead atoms. The molecule has 1 fully saturated rings. The molecule has 1 saturated heterocycles. The number of nitrogens with zero attached hydrogens (tertiary/aromatic N) is 4. The highest BCUT2D eigenvalue weighted by molar-refractivity contribution is 6.33. The van der Waals surface area contributed by atoms with Crippen LogP contribution in [0.4, 0.5) is 10.2 Å². The van der Waals surface area contributed by atoms with E-state index in [4.69, 9.17) is 11.6 Å². The summed E-state index contributed by atoms with van der Waals surface area (Å²) in [5.74, 6) is 0.427. The number of hydrogen-bond donors (Lipinski definition) is 0. The Morgan fingerprint density at radius 2 is 1.61 bits per heavy atom. The maximum Gasteiger partial charge on any atom is 0.255 e. The number of anilines is 1. The molecular formula is C21H18ClFN4O. The highest BCUT2D eigenvalue weighted by Gasteiger charge is 2.24. The summed E-state index contributed by atoms with van der Waals surface area (Å²) in [6.07, 6.45) is 0. The maximum absolute atomic E-state index is 13.1. The minimum atomic E-state index is -0.280. The van der Waals surface area contributed by atoms with Crippen LogP contribution in [0.15, 0.2) is 60.7 Å². The van der Waals surface area contributed by atoms with E-state index >= 15 is 0 Å². The normalized spacial score (nSPS) is 14.2. The Morgan fingerprint density at radius 1 is 0.893 bits per heavy atom. The van der Waals surface area contributed by atoms with Crippen LogP contribution < -0.4 is 4.90 Å². The largest absolute Gasteiger partial charge is 0.352 e. The van der Waals surface area contributed by atoms with Crippen LogP contribution in [0.2, 0.25) is 5.02 Å². The number of hydrogen-bond acceptors (Lipinski definition) is 4. The fourth-order valence-electron chi connectivity index (χ4n) is 3.21. The topological polar surface area (TPSA) is 49.3 Å². The van der Waals surface area contributed by atoms with Crippen LogP contribution in [0.3, 0.4) is 0 Å². The molecule has 1 aromatic heterocycles. The molecule has 1 aliphatic heterocycles. The molecule has 5 nitrogen and oxygen atoms in total. The second-order valence-electron chi connectivity index (χ2n) is 6.54. The van der Waals surface area contributed by atoms with Gasteiger partial charge in [0.25, 0.3) is 5.91 Å². The van der Waals surface area contributed by atoms with Crippen LogP contribution in [-0.2, 0) is 0 Å². The molecule has 28 heavy (non-hydrogen) atoms. The van der Waals surface area contributed by atoms with E-state index in [9.17, 15) is 9.18 Å². The first-order chi connectivity index (χ1) is 13.6. The van der Waals surface area contributed by atoms with Crippen molar-refractivity contribution in [3.8, 4) is 11.3 Å². The number of benzene rings is 2. The van der Waals surface area contributed by atoms with Crippen molar-refractivity contribution < 1.29 is 9.18 Å². The van der Waals surface area contributed by atoms with Gasteiger partial charge in [-0.25, -0.2) is 4.39 Å². The fraction of sp³-hybridized carbons (Fsp3) is 0.190. The van der Waals surface area contributed by atoms with Crippen molar-refractivity contribution in [2.75, 3.05) is 31.1 Å². The number of rotatable bonds is 3. The monoisotopic (exact) mass is 396 g/mol. The van der Waals surface area contributed by atoms with Gasteiger partial charge in [0.2, 0.25) is 0 Å². The second-order valence-corrected chi connectivity index (χ2v) is 6.95. The number of aromatic nitrogens is 2. The Kier molecular flexibility index (Phi) is 5.21. The molecule has 0 unspecified atom stereocenters. The molecule has 3 aromatic rings. The van der Waals surface area contributed by atoms with Crippen LogP contribution in [0, 0.1) is 5.82 Å². The van der Waals surface area contributed by atoms with Gasteiger partial charge >= 0.3 is 0 Å². The van der Waals surface area contributed by atoms with Crippen LogP contribution >= 0.6 is 11.6 Å². The predicted octanol–water partition coefficient (Wildman–Crippen LogP) is 3.90. The number of halogens is 2. The first-order valence-corrected chi connectivity index (χ1v) is 9.38. The molecule has 0 saturated carbocycles. The Bertz CT molecular complexity index is 970. The predicted molar refractivity (Wildman–Crippen MR) is 107 cm³/mol. The van der Waals surface area contributed by atoms with E-state index in [1.54, 1.807) is 29.2 Å². The van der Waals surface area contributed by atoms with E-state index in [0.717, 1.165) is 11.4 Å². The van der Waals surface area contributed by atoms with Crippen molar-refractivity contribution in [3.05, 3.63) is 77.1 Å². The summed E-state index contributed by atoms with van der Waals surface area (Å²) >= 11 is 6.14. The number of carbonyl (C=O) groups is 1. The van der Waals surface area contributed by atoms with E-state index in [-0.39, 0.29) is 11.7 Å². The smallest absolute Gasteiger partial charge is 0.255 e. The van der Waals surface area contributed by atoms with Gasteiger partial charge in [0.15, 0.2) is 5.82 Å². The molecule has 0 aliphatic carbocycles. The SMILES string of the molecule is O=C(c1ccccc1Cl)N1CCN(c2ccc(-c3ccc(F)cc3)nn2)CC1. The zero-order chi connectivity index (χ0) is 19.5. The summed E-state index contributed by atoms with van der Waals surface area (Å²) in [4.78, 5) is 16.6.